The van der Waals surface area contributed by atoms with Gasteiger partial charge in [-0.3, -0.25) is 9.36 Å². The van der Waals surface area contributed by atoms with Gasteiger partial charge in [0.1, 0.15) is 6.04 Å². The number of carbonyl (C=O) groups is 3. The van der Waals surface area contributed by atoms with Crippen LogP contribution in [0.4, 0.5) is 23.5 Å². The van der Waals surface area contributed by atoms with Gasteiger partial charge in [-0.25, -0.2) is 29.5 Å². The molecule has 0 spiro atoms. The SMILES string of the molecule is C.C#CCC(Cc1cnc2nc(N)nc(N)c2n1)c1ccc(C(=O)N[C@@H](CCCCP(=O)(OCC)OCC)C(=O)O)cc1.C#CCC(Cc1cnc2nc(N)nc(N)c2n1)c1ccc(C(=O)O)cc1.CC. The molecule has 2 unspecified atom stereocenters. The first-order valence-corrected chi connectivity index (χ1v) is 24.1. The fraction of sp³-hybridized carbons (Fsp3) is 0.367. The number of nitrogen functional groups attached to an aromatic ring is 4. The van der Waals surface area contributed by atoms with Crippen LogP contribution in [-0.2, 0) is 31.2 Å². The average molecular weight is 992 g/mol. The van der Waals surface area contributed by atoms with E-state index in [1.165, 1.54) is 0 Å². The molecule has 4 aromatic heterocycles. The number of aliphatic carboxylic acids is 1. The normalized spacial score (nSPS) is 12.0. The number of carbonyl (C=O) groups excluding carboxylic acids is 1. The fourth-order valence-corrected chi connectivity index (χ4v) is 8.81. The zero-order valence-electron chi connectivity index (χ0n) is 39.4. The van der Waals surface area contributed by atoms with Crippen LogP contribution in [0, 0.1) is 24.7 Å². The summed E-state index contributed by atoms with van der Waals surface area (Å²) in [5, 5.41) is 21.2. The first kappa shape index (κ1) is 57.5. The third-order valence-corrected chi connectivity index (χ3v) is 12.5. The first-order chi connectivity index (χ1) is 33.6. The summed E-state index contributed by atoms with van der Waals surface area (Å²) in [6.07, 6.45) is 17.3. The fourth-order valence-electron chi connectivity index (χ4n) is 7.08. The van der Waals surface area contributed by atoms with Crippen molar-refractivity contribution < 1.29 is 38.2 Å². The molecule has 0 aliphatic rings. The summed E-state index contributed by atoms with van der Waals surface area (Å²) >= 11 is 0. The number of hydrogen-bond acceptors (Lipinski definition) is 18. The lowest BCUT2D eigenvalue weighted by Crippen LogP contribution is -2.40. The zero-order valence-corrected chi connectivity index (χ0v) is 40.3. The molecular formula is C49H62N13O8P. The molecule has 1 amide bonds. The standard InChI is InChI=1S/C28H36N7O6P.C18H16N6O2.C2H6.CH4/c1-4-9-20(16-21-17-31-25-23(32-21)24(29)34-28(30)35-25)18-11-13-19(14-12-18)26(36)33-22(27(37)38)10-7-8-15-42(39,40-5-2)41-6-3;1-2-3-12(10-4-6-11(7-5-10)17(25)26)8-13-9-21-16-14(22-13)15(19)23-18(20)24-16;1-2;/h1,11-14,17,20,22H,5-10,15-16H2,2-3H3,(H,33,36)(H,37,38)(H4,29,30,31,34,35);1,4-7,9,12H,3,8H2,(H,25,26)(H4,19,20,21,23,24);1-2H3;1H4/t20?,22-;;;/m0.../s1. The maximum Gasteiger partial charge on any atom is 0.335 e. The van der Waals surface area contributed by atoms with E-state index in [1.807, 2.05) is 13.8 Å². The molecule has 0 aliphatic carbocycles. The summed E-state index contributed by atoms with van der Waals surface area (Å²) in [5.74, 6) is 2.86. The Morgan fingerprint density at radius 2 is 1.13 bits per heavy atom. The van der Waals surface area contributed by atoms with Crippen molar-refractivity contribution in [3.8, 4) is 24.7 Å². The Morgan fingerprint density at radius 3 is 1.52 bits per heavy atom. The van der Waals surface area contributed by atoms with Crippen LogP contribution in [0.25, 0.3) is 22.3 Å². The van der Waals surface area contributed by atoms with Crippen molar-refractivity contribution in [3.63, 3.8) is 0 Å². The summed E-state index contributed by atoms with van der Waals surface area (Å²) in [6.45, 7) is 7.97. The van der Waals surface area contributed by atoms with E-state index in [9.17, 15) is 24.1 Å². The highest BCUT2D eigenvalue weighted by Crippen LogP contribution is 2.48. The van der Waals surface area contributed by atoms with Crippen LogP contribution in [0.15, 0.2) is 60.9 Å². The number of nitrogens with one attached hydrogen (secondary N) is 1. The van der Waals surface area contributed by atoms with Gasteiger partial charge in [-0.05, 0) is 74.9 Å². The summed E-state index contributed by atoms with van der Waals surface area (Å²) < 4.78 is 23.1. The topological polar surface area (TPSA) is 346 Å². The van der Waals surface area contributed by atoms with Crippen LogP contribution in [0.3, 0.4) is 0 Å². The number of aromatic carboxylic acids is 1. The van der Waals surface area contributed by atoms with Gasteiger partial charge in [-0.2, -0.15) is 19.9 Å². The number of terminal acetylenes is 2. The number of fused-ring (bicyclic) bond motifs is 2. The lowest BCUT2D eigenvalue weighted by Gasteiger charge is -2.18. The number of anilines is 4. The Labute approximate surface area is 413 Å². The highest BCUT2D eigenvalue weighted by molar-refractivity contribution is 7.53. The van der Waals surface area contributed by atoms with Crippen molar-refractivity contribution in [1.82, 2.24) is 45.2 Å². The van der Waals surface area contributed by atoms with Crippen LogP contribution in [0.1, 0.15) is 122 Å². The highest BCUT2D eigenvalue weighted by atomic mass is 31.2. The number of nitrogens with zero attached hydrogens (tertiary/aromatic N) is 8. The largest absolute Gasteiger partial charge is 0.480 e. The van der Waals surface area contributed by atoms with Gasteiger partial charge < -0.3 is 47.5 Å². The lowest BCUT2D eigenvalue weighted by atomic mass is 9.91. The van der Waals surface area contributed by atoms with Crippen LogP contribution in [0.5, 0.6) is 0 Å². The second kappa shape index (κ2) is 28.0. The molecule has 22 heteroatoms. The Kier molecular flexibility index (Phi) is 22.7. The molecule has 6 rings (SSSR count). The van der Waals surface area contributed by atoms with Crippen LogP contribution >= 0.6 is 7.60 Å². The molecule has 0 saturated heterocycles. The van der Waals surface area contributed by atoms with Crippen LogP contribution in [0.2, 0.25) is 0 Å². The minimum atomic E-state index is -3.20. The molecule has 0 aliphatic heterocycles. The number of hydrogen-bond donors (Lipinski definition) is 7. The Balaban J connectivity index is 0.000000393. The number of amides is 1. The van der Waals surface area contributed by atoms with Crippen molar-refractivity contribution in [2.24, 2.45) is 0 Å². The van der Waals surface area contributed by atoms with Gasteiger partial charge in [0.2, 0.25) is 11.9 Å². The van der Waals surface area contributed by atoms with E-state index in [1.54, 1.807) is 74.8 Å². The molecule has 0 radical (unpaired) electrons. The average Bonchev–Trinajstić information content (AvgIpc) is 3.33. The maximum atomic E-state index is 12.9. The Bertz CT molecular complexity index is 2870. The van der Waals surface area contributed by atoms with E-state index >= 15 is 0 Å². The van der Waals surface area contributed by atoms with Gasteiger partial charge in [-0.15, -0.1) is 24.7 Å². The highest BCUT2D eigenvalue weighted by Gasteiger charge is 2.25. The number of carboxylic acids is 2. The number of rotatable bonds is 21. The molecular weight excluding hydrogens is 930 g/mol. The van der Waals surface area contributed by atoms with E-state index in [0.717, 1.165) is 11.1 Å². The molecule has 2 aromatic carbocycles. The van der Waals surface area contributed by atoms with E-state index in [2.05, 4.69) is 57.0 Å². The van der Waals surface area contributed by atoms with Gasteiger partial charge in [0.25, 0.3) is 5.91 Å². The van der Waals surface area contributed by atoms with Crippen LogP contribution in [-0.4, -0.2) is 93.3 Å². The van der Waals surface area contributed by atoms with Crippen molar-refractivity contribution in [2.45, 2.75) is 97.9 Å². The third-order valence-electron chi connectivity index (χ3n) is 10.3. The minimum Gasteiger partial charge on any atom is -0.480 e. The summed E-state index contributed by atoms with van der Waals surface area (Å²) in [7, 11) is -3.20. The molecule has 376 valence electrons. The van der Waals surface area contributed by atoms with E-state index in [0.29, 0.717) is 77.8 Å². The van der Waals surface area contributed by atoms with Gasteiger partial charge in [-0.1, -0.05) is 52.0 Å². The molecule has 3 atom stereocenters. The van der Waals surface area contributed by atoms with E-state index < -0.39 is 31.5 Å². The third kappa shape index (κ3) is 16.7. The van der Waals surface area contributed by atoms with E-state index in [4.69, 9.17) is 49.9 Å². The molecule has 11 N–H and O–H groups in total. The molecule has 0 saturated carbocycles. The van der Waals surface area contributed by atoms with Gasteiger partial charge >= 0.3 is 19.5 Å². The van der Waals surface area contributed by atoms with Crippen molar-refractivity contribution in [3.05, 3.63) is 94.6 Å². The van der Waals surface area contributed by atoms with Gasteiger partial charge in [0, 0.05) is 30.2 Å². The second-order valence-electron chi connectivity index (χ2n) is 15.2. The molecule has 6 aromatic rings. The number of nitrogens with two attached hydrogens (primary N) is 4. The Hall–Kier alpha value is -7.84. The Morgan fingerprint density at radius 1 is 0.690 bits per heavy atom. The molecule has 0 fully saturated rings. The molecule has 21 nitrogen and oxygen atoms in total. The van der Waals surface area contributed by atoms with Crippen molar-refractivity contribution >= 4 is 71.3 Å². The number of aromatic nitrogens is 8. The minimum absolute atomic E-state index is 0. The second-order valence-corrected chi connectivity index (χ2v) is 17.4. The predicted octanol–water partition coefficient (Wildman–Crippen LogP) is 6.85. The molecule has 71 heavy (non-hydrogen) atoms. The predicted molar refractivity (Wildman–Crippen MR) is 274 cm³/mol. The van der Waals surface area contributed by atoms with Crippen LogP contribution < -0.4 is 28.3 Å². The summed E-state index contributed by atoms with van der Waals surface area (Å²) in [4.78, 5) is 69.1. The summed E-state index contributed by atoms with van der Waals surface area (Å²) in [5.41, 5.74) is 28.0. The summed E-state index contributed by atoms with van der Waals surface area (Å²) in [6, 6.07) is 12.3. The molecule has 0 bridgehead atoms. The van der Waals surface area contributed by atoms with Crippen molar-refractivity contribution in [1.29, 1.82) is 0 Å². The quantitative estimate of drug-likeness (QED) is 0.0220. The van der Waals surface area contributed by atoms with Gasteiger partial charge in [0.05, 0.1) is 48.7 Å². The molecule has 4 heterocycles. The zero-order chi connectivity index (χ0) is 51.4. The number of benzene rings is 2. The number of carboxylic acid groups (broad SMARTS) is 2. The van der Waals surface area contributed by atoms with Gasteiger partial charge in [0.15, 0.2) is 34.0 Å². The van der Waals surface area contributed by atoms with Crippen molar-refractivity contribution in [2.75, 3.05) is 42.3 Å². The monoisotopic (exact) mass is 991 g/mol. The maximum absolute atomic E-state index is 12.9. The first-order valence-electron chi connectivity index (χ1n) is 22.4. The smallest absolute Gasteiger partial charge is 0.335 e. The number of unbranched alkanes of at least 4 members (excludes halogenated alkanes) is 1. The lowest BCUT2D eigenvalue weighted by molar-refractivity contribution is -0.139. The van der Waals surface area contributed by atoms with E-state index in [-0.39, 0.29) is 74.2 Å².